The molecule has 2 heterocycles. The van der Waals surface area contributed by atoms with E-state index in [1.165, 1.54) is 37.9 Å². The molecule has 1 N–H and O–H groups in total. The summed E-state index contributed by atoms with van der Waals surface area (Å²) in [5, 5.41) is 3.60. The van der Waals surface area contributed by atoms with Crippen molar-refractivity contribution >= 4 is 5.69 Å². The summed E-state index contributed by atoms with van der Waals surface area (Å²) < 4.78 is 10.8. The number of fused-ring (bicyclic) bond motifs is 1. The predicted octanol–water partition coefficient (Wildman–Crippen LogP) is 2.38. The zero-order valence-corrected chi connectivity index (χ0v) is 11.5. The summed E-state index contributed by atoms with van der Waals surface area (Å²) in [5.41, 5.74) is 1.19. The first-order chi connectivity index (χ1) is 9.33. The summed E-state index contributed by atoms with van der Waals surface area (Å²) in [6.07, 6.45) is 5.21. The van der Waals surface area contributed by atoms with E-state index in [0.717, 1.165) is 18.0 Å². The number of hydrogen-bond acceptors (Lipinski definition) is 4. The summed E-state index contributed by atoms with van der Waals surface area (Å²) in [4.78, 5) is 2.29. The van der Waals surface area contributed by atoms with Crippen molar-refractivity contribution in [3.63, 3.8) is 0 Å². The Morgan fingerprint density at radius 2 is 2.16 bits per heavy atom. The first kappa shape index (κ1) is 12.6. The fraction of sp³-hybridized carbons (Fsp3) is 0.600. The number of nitrogens with zero attached hydrogens (tertiary/aromatic N) is 1. The van der Waals surface area contributed by atoms with E-state index in [2.05, 4.69) is 29.4 Å². The minimum atomic E-state index is 0.342. The van der Waals surface area contributed by atoms with Gasteiger partial charge in [0.2, 0.25) is 6.79 Å². The standard InChI is InChI=1S/C15H22N2O2/c1-17(9-7-12-4-2-3-8-16-12)13-5-6-14-15(10-13)19-11-18-14/h5-6,10,12,16H,2-4,7-9,11H2,1H3. The average molecular weight is 262 g/mol. The third-order valence-electron chi connectivity index (χ3n) is 4.02. The van der Waals surface area contributed by atoms with Gasteiger partial charge in [-0.2, -0.15) is 0 Å². The van der Waals surface area contributed by atoms with Crippen molar-refractivity contribution in [1.82, 2.24) is 5.32 Å². The summed E-state index contributed by atoms with van der Waals surface area (Å²) in [6.45, 7) is 2.59. The molecule has 4 nitrogen and oxygen atoms in total. The number of rotatable bonds is 4. The van der Waals surface area contributed by atoms with Crippen LogP contribution in [0.25, 0.3) is 0 Å². The van der Waals surface area contributed by atoms with Gasteiger partial charge < -0.3 is 19.7 Å². The average Bonchev–Trinajstić information content (AvgIpc) is 2.93. The van der Waals surface area contributed by atoms with E-state index in [-0.39, 0.29) is 0 Å². The van der Waals surface area contributed by atoms with E-state index >= 15 is 0 Å². The molecule has 1 saturated heterocycles. The molecule has 2 aliphatic rings. The van der Waals surface area contributed by atoms with Crippen LogP contribution < -0.4 is 19.7 Å². The third-order valence-corrected chi connectivity index (χ3v) is 4.02. The highest BCUT2D eigenvalue weighted by Gasteiger charge is 2.16. The van der Waals surface area contributed by atoms with E-state index in [0.29, 0.717) is 12.8 Å². The zero-order chi connectivity index (χ0) is 13.1. The maximum atomic E-state index is 5.42. The highest BCUT2D eigenvalue weighted by atomic mass is 16.7. The SMILES string of the molecule is CN(CCC1CCCCN1)c1ccc2c(c1)OCO2. The van der Waals surface area contributed by atoms with E-state index in [1.807, 2.05) is 6.07 Å². The third kappa shape index (κ3) is 2.95. The van der Waals surface area contributed by atoms with Gasteiger partial charge >= 0.3 is 0 Å². The molecule has 0 saturated carbocycles. The zero-order valence-electron chi connectivity index (χ0n) is 11.5. The van der Waals surface area contributed by atoms with Crippen molar-refractivity contribution in [2.75, 3.05) is 31.8 Å². The van der Waals surface area contributed by atoms with Crippen LogP contribution in [0, 0.1) is 0 Å². The molecule has 0 aromatic heterocycles. The number of nitrogens with one attached hydrogen (secondary N) is 1. The molecule has 19 heavy (non-hydrogen) atoms. The first-order valence-electron chi connectivity index (χ1n) is 7.17. The monoisotopic (exact) mass is 262 g/mol. The van der Waals surface area contributed by atoms with Crippen LogP contribution in [0.2, 0.25) is 0 Å². The lowest BCUT2D eigenvalue weighted by Crippen LogP contribution is -2.36. The Labute approximate surface area is 114 Å². The van der Waals surface area contributed by atoms with Gasteiger partial charge in [0, 0.05) is 31.4 Å². The largest absolute Gasteiger partial charge is 0.454 e. The minimum Gasteiger partial charge on any atom is -0.454 e. The van der Waals surface area contributed by atoms with Gasteiger partial charge in [-0.1, -0.05) is 6.42 Å². The van der Waals surface area contributed by atoms with Gasteiger partial charge in [0.25, 0.3) is 0 Å². The maximum Gasteiger partial charge on any atom is 0.231 e. The molecule has 1 aromatic carbocycles. The van der Waals surface area contributed by atoms with Crippen molar-refractivity contribution in [3.8, 4) is 11.5 Å². The molecule has 1 fully saturated rings. The first-order valence-corrected chi connectivity index (χ1v) is 7.17. The highest BCUT2D eigenvalue weighted by molar-refractivity contribution is 5.56. The maximum absolute atomic E-state index is 5.42. The summed E-state index contributed by atoms with van der Waals surface area (Å²) in [7, 11) is 2.14. The fourth-order valence-corrected chi connectivity index (χ4v) is 2.77. The molecule has 1 aromatic rings. The second-order valence-electron chi connectivity index (χ2n) is 5.39. The Bertz CT molecular complexity index is 430. The van der Waals surface area contributed by atoms with Crippen LogP contribution in [-0.4, -0.2) is 33.0 Å². The topological polar surface area (TPSA) is 33.7 Å². The van der Waals surface area contributed by atoms with Gasteiger partial charge in [-0.25, -0.2) is 0 Å². The number of hydrogen-bond donors (Lipinski definition) is 1. The molecule has 0 bridgehead atoms. The molecule has 0 spiro atoms. The summed E-state index contributed by atoms with van der Waals surface area (Å²) in [6, 6.07) is 6.84. The molecule has 0 radical (unpaired) electrons. The molecular formula is C15H22N2O2. The Hall–Kier alpha value is -1.42. The van der Waals surface area contributed by atoms with Crippen molar-refractivity contribution in [3.05, 3.63) is 18.2 Å². The van der Waals surface area contributed by atoms with E-state index in [1.54, 1.807) is 0 Å². The second kappa shape index (κ2) is 5.70. The van der Waals surface area contributed by atoms with Gasteiger partial charge in [-0.05, 0) is 37.9 Å². The fourth-order valence-electron chi connectivity index (χ4n) is 2.77. The van der Waals surface area contributed by atoms with Gasteiger partial charge in [0.05, 0.1) is 0 Å². The molecule has 1 unspecified atom stereocenters. The lowest BCUT2D eigenvalue weighted by molar-refractivity contribution is 0.174. The molecule has 4 heteroatoms. The predicted molar refractivity (Wildman–Crippen MR) is 76.1 cm³/mol. The highest BCUT2D eigenvalue weighted by Crippen LogP contribution is 2.35. The number of ether oxygens (including phenoxy) is 2. The normalized spacial score (nSPS) is 21.4. The smallest absolute Gasteiger partial charge is 0.231 e. The number of piperidine rings is 1. The minimum absolute atomic E-state index is 0.342. The quantitative estimate of drug-likeness (QED) is 0.903. The second-order valence-corrected chi connectivity index (χ2v) is 5.39. The van der Waals surface area contributed by atoms with Crippen LogP contribution in [0.15, 0.2) is 18.2 Å². The molecule has 3 rings (SSSR count). The molecule has 104 valence electrons. The molecule has 0 amide bonds. The Morgan fingerprint density at radius 1 is 1.26 bits per heavy atom. The Balaban J connectivity index is 1.56. The van der Waals surface area contributed by atoms with Crippen LogP contribution in [0.3, 0.4) is 0 Å². The molecule has 1 atom stereocenters. The van der Waals surface area contributed by atoms with Crippen LogP contribution in [0.5, 0.6) is 11.5 Å². The van der Waals surface area contributed by atoms with Crippen LogP contribution >= 0.6 is 0 Å². The van der Waals surface area contributed by atoms with Crippen LogP contribution in [0.4, 0.5) is 5.69 Å². The van der Waals surface area contributed by atoms with Crippen molar-refractivity contribution < 1.29 is 9.47 Å². The lowest BCUT2D eigenvalue weighted by Gasteiger charge is -2.27. The van der Waals surface area contributed by atoms with Crippen molar-refractivity contribution in [2.45, 2.75) is 31.7 Å². The van der Waals surface area contributed by atoms with E-state index in [9.17, 15) is 0 Å². The lowest BCUT2D eigenvalue weighted by atomic mass is 10.0. The van der Waals surface area contributed by atoms with Crippen molar-refractivity contribution in [2.24, 2.45) is 0 Å². The van der Waals surface area contributed by atoms with Gasteiger partial charge in [0.15, 0.2) is 11.5 Å². The van der Waals surface area contributed by atoms with Crippen LogP contribution in [0.1, 0.15) is 25.7 Å². The van der Waals surface area contributed by atoms with Gasteiger partial charge in [-0.3, -0.25) is 0 Å². The van der Waals surface area contributed by atoms with E-state index < -0.39 is 0 Å². The summed E-state index contributed by atoms with van der Waals surface area (Å²) >= 11 is 0. The Morgan fingerprint density at radius 3 is 3.00 bits per heavy atom. The molecule has 0 aliphatic carbocycles. The summed E-state index contributed by atoms with van der Waals surface area (Å²) in [5.74, 6) is 1.71. The van der Waals surface area contributed by atoms with Crippen LogP contribution in [-0.2, 0) is 0 Å². The Kier molecular flexibility index (Phi) is 3.78. The number of benzene rings is 1. The van der Waals surface area contributed by atoms with Crippen molar-refractivity contribution in [1.29, 1.82) is 0 Å². The van der Waals surface area contributed by atoms with Gasteiger partial charge in [0.1, 0.15) is 0 Å². The van der Waals surface area contributed by atoms with E-state index in [4.69, 9.17) is 9.47 Å². The molecule has 2 aliphatic heterocycles. The number of anilines is 1. The molecular weight excluding hydrogens is 240 g/mol. The van der Waals surface area contributed by atoms with Gasteiger partial charge in [-0.15, -0.1) is 0 Å².